The number of halogens is 1. The highest BCUT2D eigenvalue weighted by Gasteiger charge is 2.21. The van der Waals surface area contributed by atoms with Crippen molar-refractivity contribution < 1.29 is 9.18 Å². The fourth-order valence-corrected chi connectivity index (χ4v) is 1.76. The molecule has 0 heterocycles. The van der Waals surface area contributed by atoms with Crippen LogP contribution in [0.4, 0.5) is 10.1 Å². The number of aryl methyl sites for hydroxylation is 1. The summed E-state index contributed by atoms with van der Waals surface area (Å²) < 4.78 is 13.3. The lowest BCUT2D eigenvalue weighted by Gasteiger charge is -2.15. The Labute approximate surface area is 75.6 Å². The van der Waals surface area contributed by atoms with E-state index in [0.29, 0.717) is 12.1 Å². The first-order valence-electron chi connectivity index (χ1n) is 4.29. The number of hydrogen-bond acceptors (Lipinski definition) is 2. The quantitative estimate of drug-likeness (QED) is 0.618. The predicted molar refractivity (Wildman–Crippen MR) is 48.1 cm³/mol. The average molecular weight is 179 g/mol. The molecule has 0 unspecified atom stereocenters. The van der Waals surface area contributed by atoms with E-state index in [0.717, 1.165) is 18.4 Å². The number of carbonyl (C=O) groups excluding carboxylic acids is 1. The summed E-state index contributed by atoms with van der Waals surface area (Å²) in [7, 11) is 0. The fraction of sp³-hybridized carbons (Fsp3) is 0.300. The molecule has 0 spiro atoms. The molecule has 0 aromatic heterocycles. The van der Waals surface area contributed by atoms with Crippen LogP contribution in [0.2, 0.25) is 0 Å². The lowest BCUT2D eigenvalue weighted by Crippen LogP contribution is -2.13. The van der Waals surface area contributed by atoms with Gasteiger partial charge in [-0.1, -0.05) is 0 Å². The fourth-order valence-electron chi connectivity index (χ4n) is 1.76. The van der Waals surface area contributed by atoms with Gasteiger partial charge in [0.05, 0.1) is 5.56 Å². The molecule has 2 rings (SSSR count). The van der Waals surface area contributed by atoms with Crippen LogP contribution in [0.25, 0.3) is 0 Å². The van der Waals surface area contributed by atoms with Crippen LogP contribution in [0.5, 0.6) is 0 Å². The van der Waals surface area contributed by atoms with Gasteiger partial charge >= 0.3 is 0 Å². The molecule has 0 radical (unpaired) electrons. The average Bonchev–Trinajstić information content (AvgIpc) is 2.02. The van der Waals surface area contributed by atoms with Crippen LogP contribution in [0, 0.1) is 5.82 Å². The molecule has 1 aromatic rings. The van der Waals surface area contributed by atoms with Gasteiger partial charge in [-0.2, -0.15) is 0 Å². The van der Waals surface area contributed by atoms with E-state index >= 15 is 0 Å². The van der Waals surface area contributed by atoms with Crippen molar-refractivity contribution >= 4 is 11.5 Å². The topological polar surface area (TPSA) is 43.1 Å². The van der Waals surface area contributed by atoms with Crippen molar-refractivity contribution in [1.82, 2.24) is 0 Å². The van der Waals surface area contributed by atoms with Crippen LogP contribution >= 0.6 is 0 Å². The number of nitrogens with two attached hydrogens (primary N) is 1. The number of anilines is 1. The summed E-state index contributed by atoms with van der Waals surface area (Å²) in [4.78, 5) is 11.3. The Morgan fingerprint density at radius 2 is 2.08 bits per heavy atom. The number of ketones is 1. The number of benzene rings is 1. The molecule has 0 aliphatic heterocycles. The Hall–Kier alpha value is -1.38. The summed E-state index contributed by atoms with van der Waals surface area (Å²) in [5, 5.41) is 0. The normalized spacial score (nSPS) is 15.6. The van der Waals surface area contributed by atoms with Crippen molar-refractivity contribution in [2.45, 2.75) is 19.3 Å². The molecule has 1 aliphatic rings. The van der Waals surface area contributed by atoms with Crippen molar-refractivity contribution in [3.05, 3.63) is 29.1 Å². The summed E-state index contributed by atoms with van der Waals surface area (Å²) >= 11 is 0. The molecule has 0 saturated carbocycles. The lowest BCUT2D eigenvalue weighted by atomic mass is 9.90. The van der Waals surface area contributed by atoms with Crippen LogP contribution < -0.4 is 5.73 Å². The Morgan fingerprint density at radius 1 is 1.31 bits per heavy atom. The molecule has 2 N–H and O–H groups in total. The number of nitrogen functional groups attached to an aromatic ring is 1. The van der Waals surface area contributed by atoms with Crippen LogP contribution in [0.1, 0.15) is 28.8 Å². The minimum atomic E-state index is -0.472. The van der Waals surface area contributed by atoms with E-state index in [4.69, 9.17) is 5.73 Å². The Bertz CT molecular complexity index is 373. The molecule has 0 atom stereocenters. The van der Waals surface area contributed by atoms with E-state index in [1.165, 1.54) is 6.07 Å². The maximum Gasteiger partial charge on any atom is 0.166 e. The molecule has 0 fully saturated rings. The Kier molecular flexibility index (Phi) is 1.79. The zero-order chi connectivity index (χ0) is 9.42. The molecule has 2 nitrogen and oxygen atoms in total. The van der Waals surface area contributed by atoms with Gasteiger partial charge in [0.1, 0.15) is 5.82 Å². The highest BCUT2D eigenvalue weighted by molar-refractivity contribution is 5.99. The first-order chi connectivity index (χ1) is 6.18. The number of carbonyl (C=O) groups is 1. The van der Waals surface area contributed by atoms with E-state index in [1.54, 1.807) is 6.07 Å². The van der Waals surface area contributed by atoms with Gasteiger partial charge in [-0.3, -0.25) is 4.79 Å². The molecule has 68 valence electrons. The Morgan fingerprint density at radius 3 is 2.85 bits per heavy atom. The molecule has 0 saturated heterocycles. The van der Waals surface area contributed by atoms with Gasteiger partial charge in [0.15, 0.2) is 5.78 Å². The van der Waals surface area contributed by atoms with Crippen molar-refractivity contribution in [3.63, 3.8) is 0 Å². The highest BCUT2D eigenvalue weighted by Crippen LogP contribution is 2.25. The standard InChI is InChI=1S/C10H10FNO/c11-8-5-7(12)4-6-2-1-3-9(13)10(6)8/h4-5H,1-3,12H2. The number of rotatable bonds is 0. The van der Waals surface area contributed by atoms with Crippen LogP contribution in [0.15, 0.2) is 12.1 Å². The molecule has 0 amide bonds. The molecule has 13 heavy (non-hydrogen) atoms. The van der Waals surface area contributed by atoms with Crippen LogP contribution in [-0.2, 0) is 6.42 Å². The monoisotopic (exact) mass is 179 g/mol. The second-order valence-electron chi connectivity index (χ2n) is 3.31. The number of hydrogen-bond donors (Lipinski definition) is 1. The minimum absolute atomic E-state index is 0.0984. The number of fused-ring (bicyclic) bond motifs is 1. The van der Waals surface area contributed by atoms with E-state index < -0.39 is 5.82 Å². The first-order valence-corrected chi connectivity index (χ1v) is 4.29. The summed E-state index contributed by atoms with van der Waals surface area (Å²) in [5.74, 6) is -0.571. The molecule has 1 aliphatic carbocycles. The van der Waals surface area contributed by atoms with Gasteiger partial charge in [-0.25, -0.2) is 4.39 Å². The molecular weight excluding hydrogens is 169 g/mol. The van der Waals surface area contributed by atoms with E-state index in [-0.39, 0.29) is 11.3 Å². The molecule has 3 heteroatoms. The number of Topliss-reactive ketones (excluding diaryl/α,β-unsaturated/α-hetero) is 1. The van der Waals surface area contributed by atoms with Gasteiger partial charge in [0.25, 0.3) is 0 Å². The largest absolute Gasteiger partial charge is 0.399 e. The first kappa shape index (κ1) is 8.23. The maximum atomic E-state index is 13.3. The third-order valence-electron chi connectivity index (χ3n) is 2.32. The molecule has 0 bridgehead atoms. The Balaban J connectivity index is 2.63. The van der Waals surface area contributed by atoms with Crippen molar-refractivity contribution in [3.8, 4) is 0 Å². The van der Waals surface area contributed by atoms with Gasteiger partial charge in [0.2, 0.25) is 0 Å². The third-order valence-corrected chi connectivity index (χ3v) is 2.32. The summed E-state index contributed by atoms with van der Waals surface area (Å²) in [6.45, 7) is 0. The maximum absolute atomic E-state index is 13.3. The van der Waals surface area contributed by atoms with Gasteiger partial charge in [0, 0.05) is 12.1 Å². The zero-order valence-electron chi connectivity index (χ0n) is 7.14. The zero-order valence-corrected chi connectivity index (χ0v) is 7.14. The van der Waals surface area contributed by atoms with Crippen molar-refractivity contribution in [1.29, 1.82) is 0 Å². The van der Waals surface area contributed by atoms with E-state index in [1.807, 2.05) is 0 Å². The van der Waals surface area contributed by atoms with E-state index in [9.17, 15) is 9.18 Å². The predicted octanol–water partition coefficient (Wildman–Crippen LogP) is 1.93. The minimum Gasteiger partial charge on any atom is -0.399 e. The van der Waals surface area contributed by atoms with E-state index in [2.05, 4.69) is 0 Å². The lowest BCUT2D eigenvalue weighted by molar-refractivity contribution is 0.0968. The SMILES string of the molecule is Nc1cc(F)c2c(c1)CCCC2=O. The second kappa shape index (κ2) is 2.83. The third kappa shape index (κ3) is 1.30. The molecular formula is C10H10FNO. The summed E-state index contributed by atoms with van der Waals surface area (Å²) in [6.07, 6.45) is 2.01. The van der Waals surface area contributed by atoms with Crippen molar-refractivity contribution in [2.24, 2.45) is 0 Å². The van der Waals surface area contributed by atoms with Gasteiger partial charge in [-0.15, -0.1) is 0 Å². The van der Waals surface area contributed by atoms with Gasteiger partial charge < -0.3 is 5.73 Å². The summed E-state index contributed by atoms with van der Waals surface area (Å²) in [6, 6.07) is 2.90. The van der Waals surface area contributed by atoms with Crippen LogP contribution in [0.3, 0.4) is 0 Å². The molecule has 1 aromatic carbocycles. The summed E-state index contributed by atoms with van der Waals surface area (Å²) in [5.41, 5.74) is 6.88. The second-order valence-corrected chi connectivity index (χ2v) is 3.31. The highest BCUT2D eigenvalue weighted by atomic mass is 19.1. The smallest absolute Gasteiger partial charge is 0.166 e. The van der Waals surface area contributed by atoms with Gasteiger partial charge in [-0.05, 0) is 30.5 Å². The van der Waals surface area contributed by atoms with Crippen LogP contribution in [-0.4, -0.2) is 5.78 Å². The van der Waals surface area contributed by atoms with Crippen molar-refractivity contribution in [2.75, 3.05) is 5.73 Å².